The van der Waals surface area contributed by atoms with E-state index < -0.39 is 0 Å². The minimum atomic E-state index is 0.00834. The van der Waals surface area contributed by atoms with Gasteiger partial charge in [-0.15, -0.1) is 0 Å². The number of amides is 2. The fourth-order valence-corrected chi connectivity index (χ4v) is 3.36. The molecule has 2 amide bonds. The molecule has 1 atom stereocenters. The van der Waals surface area contributed by atoms with E-state index in [9.17, 15) is 4.79 Å². The van der Waals surface area contributed by atoms with Crippen molar-refractivity contribution in [3.63, 3.8) is 0 Å². The molecule has 1 aromatic heterocycles. The molecule has 0 radical (unpaired) electrons. The number of hydrogen-bond acceptors (Lipinski definition) is 4. The van der Waals surface area contributed by atoms with E-state index in [1.165, 1.54) is 0 Å². The first-order chi connectivity index (χ1) is 13.1. The second kappa shape index (κ2) is 8.90. The van der Waals surface area contributed by atoms with Gasteiger partial charge in [-0.05, 0) is 24.1 Å². The Balaban J connectivity index is 1.51. The summed E-state index contributed by atoms with van der Waals surface area (Å²) in [5, 5.41) is 3.17. The molecule has 1 aliphatic rings. The van der Waals surface area contributed by atoms with Crippen LogP contribution in [0.25, 0.3) is 0 Å². The van der Waals surface area contributed by atoms with Gasteiger partial charge >= 0.3 is 6.03 Å². The van der Waals surface area contributed by atoms with Gasteiger partial charge in [0.05, 0.1) is 19.7 Å². The Morgan fingerprint density at radius 1 is 1.22 bits per heavy atom. The molecule has 1 aromatic carbocycles. The number of ether oxygens (including phenoxy) is 1. The summed E-state index contributed by atoms with van der Waals surface area (Å²) in [5.74, 6) is 1.88. The number of methoxy groups -OCH3 is 1. The fraction of sp³-hybridized carbons (Fsp3) is 0.500. The molecule has 1 unspecified atom stereocenters. The molecule has 1 fully saturated rings. The second-order valence-corrected chi connectivity index (χ2v) is 6.90. The highest BCUT2D eigenvalue weighted by Crippen LogP contribution is 2.20. The van der Waals surface area contributed by atoms with Crippen LogP contribution < -0.4 is 10.1 Å². The number of aryl methyl sites for hydroxylation is 1. The van der Waals surface area contributed by atoms with Gasteiger partial charge in [0.15, 0.2) is 0 Å². The predicted molar refractivity (Wildman–Crippen MR) is 105 cm³/mol. The monoisotopic (exact) mass is 371 g/mol. The van der Waals surface area contributed by atoms with Crippen LogP contribution in [0.4, 0.5) is 4.79 Å². The van der Waals surface area contributed by atoms with Crippen LogP contribution in [0.2, 0.25) is 0 Å². The van der Waals surface area contributed by atoms with Gasteiger partial charge in [-0.25, -0.2) is 9.78 Å². The van der Waals surface area contributed by atoms with Crippen LogP contribution in [0.3, 0.4) is 0 Å². The SMILES string of the molecule is CCC(NC(=O)N1CCN(Cc2nccn2C)CC1)c1ccc(OC)cc1. The molecular formula is C20H29N5O2. The number of aromatic nitrogens is 2. The van der Waals surface area contributed by atoms with Crippen molar-refractivity contribution in [2.75, 3.05) is 33.3 Å². The van der Waals surface area contributed by atoms with E-state index in [0.29, 0.717) is 0 Å². The van der Waals surface area contributed by atoms with Crippen LogP contribution in [0.5, 0.6) is 5.75 Å². The standard InChI is InChI=1S/C20H29N5O2/c1-4-18(16-5-7-17(27-3)8-6-16)22-20(26)25-13-11-24(12-14-25)15-19-21-9-10-23(19)2/h5-10,18H,4,11-15H2,1-3H3,(H,22,26). The van der Waals surface area contributed by atoms with Crippen molar-refractivity contribution in [1.29, 1.82) is 0 Å². The summed E-state index contributed by atoms with van der Waals surface area (Å²) in [6.45, 7) is 6.09. The first-order valence-electron chi connectivity index (χ1n) is 9.48. The Kier molecular flexibility index (Phi) is 6.34. The number of piperazine rings is 1. The van der Waals surface area contributed by atoms with Crippen LogP contribution in [0.1, 0.15) is 30.8 Å². The third kappa shape index (κ3) is 4.80. The number of rotatable bonds is 6. The largest absolute Gasteiger partial charge is 0.497 e. The molecule has 2 aromatic rings. The van der Waals surface area contributed by atoms with Crippen LogP contribution in [0, 0.1) is 0 Å². The zero-order valence-corrected chi connectivity index (χ0v) is 16.4. The number of urea groups is 1. The minimum Gasteiger partial charge on any atom is -0.497 e. The highest BCUT2D eigenvalue weighted by Gasteiger charge is 2.23. The molecule has 3 rings (SSSR count). The minimum absolute atomic E-state index is 0.00834. The Morgan fingerprint density at radius 2 is 1.93 bits per heavy atom. The van der Waals surface area contributed by atoms with Crippen molar-refractivity contribution in [2.24, 2.45) is 7.05 Å². The van der Waals surface area contributed by atoms with Crippen molar-refractivity contribution in [3.05, 3.63) is 48.0 Å². The Labute approximate surface area is 160 Å². The van der Waals surface area contributed by atoms with E-state index in [1.54, 1.807) is 7.11 Å². The smallest absolute Gasteiger partial charge is 0.317 e. The molecule has 0 bridgehead atoms. The zero-order valence-electron chi connectivity index (χ0n) is 16.4. The molecule has 7 nitrogen and oxygen atoms in total. The maximum absolute atomic E-state index is 12.7. The van der Waals surface area contributed by atoms with Gasteiger partial charge in [-0.2, -0.15) is 0 Å². The van der Waals surface area contributed by atoms with E-state index in [0.717, 1.165) is 56.3 Å². The number of nitrogens with one attached hydrogen (secondary N) is 1. The van der Waals surface area contributed by atoms with E-state index >= 15 is 0 Å². The third-order valence-corrected chi connectivity index (χ3v) is 5.17. The van der Waals surface area contributed by atoms with Crippen LogP contribution >= 0.6 is 0 Å². The lowest BCUT2D eigenvalue weighted by Crippen LogP contribution is -2.52. The van der Waals surface area contributed by atoms with Crippen LogP contribution in [-0.4, -0.2) is 58.7 Å². The Bertz CT molecular complexity index is 735. The average Bonchev–Trinajstić information content (AvgIpc) is 3.11. The molecule has 0 spiro atoms. The summed E-state index contributed by atoms with van der Waals surface area (Å²) in [6, 6.07) is 7.90. The number of nitrogens with zero attached hydrogens (tertiary/aromatic N) is 4. The topological polar surface area (TPSA) is 62.6 Å². The quantitative estimate of drug-likeness (QED) is 0.847. The fourth-order valence-electron chi connectivity index (χ4n) is 3.36. The molecule has 2 heterocycles. The predicted octanol–water partition coefficient (Wildman–Crippen LogP) is 2.41. The average molecular weight is 371 g/mol. The molecule has 7 heteroatoms. The van der Waals surface area contributed by atoms with Crippen molar-refractivity contribution in [3.8, 4) is 5.75 Å². The van der Waals surface area contributed by atoms with Crippen LogP contribution in [0.15, 0.2) is 36.7 Å². The summed E-state index contributed by atoms with van der Waals surface area (Å²) >= 11 is 0. The van der Waals surface area contributed by atoms with Gasteiger partial charge in [0, 0.05) is 45.6 Å². The van der Waals surface area contributed by atoms with Crippen LogP contribution in [-0.2, 0) is 13.6 Å². The molecule has 1 saturated heterocycles. The van der Waals surface area contributed by atoms with E-state index in [-0.39, 0.29) is 12.1 Å². The lowest BCUT2D eigenvalue weighted by atomic mass is 10.0. The zero-order chi connectivity index (χ0) is 19.2. The van der Waals surface area contributed by atoms with Gasteiger partial charge in [-0.3, -0.25) is 4.90 Å². The molecular weight excluding hydrogens is 342 g/mol. The molecule has 27 heavy (non-hydrogen) atoms. The molecule has 1 aliphatic heterocycles. The summed E-state index contributed by atoms with van der Waals surface area (Å²) < 4.78 is 7.25. The summed E-state index contributed by atoms with van der Waals surface area (Å²) in [7, 11) is 3.66. The van der Waals surface area contributed by atoms with Crippen molar-refractivity contribution >= 4 is 6.03 Å². The number of imidazole rings is 1. The molecule has 146 valence electrons. The molecule has 0 saturated carbocycles. The van der Waals surface area contributed by atoms with E-state index in [2.05, 4.69) is 22.1 Å². The van der Waals surface area contributed by atoms with Crippen molar-refractivity contribution < 1.29 is 9.53 Å². The highest BCUT2D eigenvalue weighted by atomic mass is 16.5. The first-order valence-corrected chi connectivity index (χ1v) is 9.48. The summed E-state index contributed by atoms with van der Waals surface area (Å²) in [4.78, 5) is 21.3. The lowest BCUT2D eigenvalue weighted by molar-refractivity contribution is 0.131. The number of benzene rings is 1. The number of hydrogen-bond donors (Lipinski definition) is 1. The maximum atomic E-state index is 12.7. The van der Waals surface area contributed by atoms with E-state index in [4.69, 9.17) is 4.74 Å². The lowest BCUT2D eigenvalue weighted by Gasteiger charge is -2.35. The number of carbonyl (C=O) groups excluding carboxylic acids is 1. The summed E-state index contributed by atoms with van der Waals surface area (Å²) in [6.07, 6.45) is 4.63. The molecule has 1 N–H and O–H groups in total. The van der Waals surface area contributed by atoms with Gasteiger partial charge < -0.3 is 19.5 Å². The summed E-state index contributed by atoms with van der Waals surface area (Å²) in [5.41, 5.74) is 1.10. The van der Waals surface area contributed by atoms with Gasteiger partial charge in [0.25, 0.3) is 0 Å². The first kappa shape index (κ1) is 19.2. The maximum Gasteiger partial charge on any atom is 0.317 e. The third-order valence-electron chi connectivity index (χ3n) is 5.17. The highest BCUT2D eigenvalue weighted by molar-refractivity contribution is 5.74. The second-order valence-electron chi connectivity index (χ2n) is 6.90. The van der Waals surface area contributed by atoms with E-state index in [1.807, 2.05) is 53.2 Å². The van der Waals surface area contributed by atoms with Gasteiger partial charge in [0.2, 0.25) is 0 Å². The van der Waals surface area contributed by atoms with Crippen molar-refractivity contribution in [1.82, 2.24) is 24.7 Å². The molecule has 0 aliphatic carbocycles. The van der Waals surface area contributed by atoms with Gasteiger partial charge in [0.1, 0.15) is 11.6 Å². The number of carbonyl (C=O) groups is 1. The Hall–Kier alpha value is -2.54. The normalized spacial score (nSPS) is 16.2. The van der Waals surface area contributed by atoms with Crippen molar-refractivity contribution in [2.45, 2.75) is 25.9 Å². The van der Waals surface area contributed by atoms with Gasteiger partial charge in [-0.1, -0.05) is 19.1 Å². The Morgan fingerprint density at radius 3 is 2.48 bits per heavy atom.